The molecule has 1 aromatic heterocycles. The molecule has 0 atom stereocenters. The van der Waals surface area contributed by atoms with Crippen molar-refractivity contribution >= 4 is 40.9 Å². The quantitative estimate of drug-likeness (QED) is 0.647. The van der Waals surface area contributed by atoms with E-state index in [1.807, 2.05) is 35.9 Å². The molecule has 1 aliphatic rings. The largest absolute Gasteiger partial charge is 0.462 e. The molecule has 2 heterocycles. The minimum absolute atomic E-state index is 0. The Labute approximate surface area is 166 Å². The van der Waals surface area contributed by atoms with Crippen LogP contribution in [0.15, 0.2) is 24.3 Å². The van der Waals surface area contributed by atoms with E-state index < -0.39 is 0 Å². The van der Waals surface area contributed by atoms with Gasteiger partial charge in [0, 0.05) is 18.0 Å². The van der Waals surface area contributed by atoms with Crippen LogP contribution >= 0.6 is 24.0 Å². The van der Waals surface area contributed by atoms with E-state index in [9.17, 15) is 4.79 Å². The predicted octanol–water partition coefficient (Wildman–Crippen LogP) is 4.92. The number of carbonyl (C=O) groups is 1. The maximum atomic E-state index is 12.6. The van der Waals surface area contributed by atoms with Gasteiger partial charge >= 0.3 is 5.97 Å². The summed E-state index contributed by atoms with van der Waals surface area (Å²) in [6.45, 7) is 6.12. The highest BCUT2D eigenvalue weighted by molar-refractivity contribution is 6.35. The number of carbonyl (C=O) groups excluding carboxylic acids is 1. The second kappa shape index (κ2) is 9.63. The number of piperidine rings is 1. The number of ether oxygens (including phenoxy) is 1. The number of nitrogens with zero attached hydrogens (tertiary/aromatic N) is 2. The Kier molecular flexibility index (Phi) is 7.81. The average molecular weight is 399 g/mol. The smallest absolute Gasteiger partial charge is 0.341 e. The molecule has 0 bridgehead atoms. The Balaban J connectivity index is 0.00000243. The van der Waals surface area contributed by atoms with E-state index in [1.165, 1.54) is 19.4 Å². The number of halogens is 2. The second-order valence-electron chi connectivity index (χ2n) is 6.98. The predicted molar refractivity (Wildman–Crippen MR) is 110 cm³/mol. The molecular weight excluding hydrogens is 371 g/mol. The summed E-state index contributed by atoms with van der Waals surface area (Å²) in [6.07, 6.45) is 4.70. The molecule has 0 saturated carbocycles. The molecule has 1 aliphatic heterocycles. The molecule has 0 N–H and O–H groups in total. The third kappa shape index (κ3) is 4.54. The van der Waals surface area contributed by atoms with Crippen LogP contribution < -0.4 is 0 Å². The molecular formula is C20H28Cl2N2O2. The molecule has 1 fully saturated rings. The van der Waals surface area contributed by atoms with Gasteiger partial charge in [-0.2, -0.15) is 0 Å². The van der Waals surface area contributed by atoms with E-state index in [0.29, 0.717) is 23.2 Å². The fourth-order valence-electron chi connectivity index (χ4n) is 3.58. The van der Waals surface area contributed by atoms with Crippen molar-refractivity contribution in [3.63, 3.8) is 0 Å². The first kappa shape index (κ1) is 21.1. The van der Waals surface area contributed by atoms with E-state index >= 15 is 0 Å². The number of aryl methyl sites for hydroxylation is 1. The molecule has 1 aromatic carbocycles. The number of esters is 1. The van der Waals surface area contributed by atoms with Gasteiger partial charge in [-0.3, -0.25) is 0 Å². The van der Waals surface area contributed by atoms with Crippen LogP contribution in [0.25, 0.3) is 10.9 Å². The highest BCUT2D eigenvalue weighted by atomic mass is 35.5. The lowest BCUT2D eigenvalue weighted by Crippen LogP contribution is -2.36. The monoisotopic (exact) mass is 398 g/mol. The lowest BCUT2D eigenvalue weighted by Gasteiger charge is -2.31. The van der Waals surface area contributed by atoms with Crippen molar-refractivity contribution in [2.75, 3.05) is 26.2 Å². The summed E-state index contributed by atoms with van der Waals surface area (Å²) in [5.41, 5.74) is 1.43. The second-order valence-corrected chi connectivity index (χ2v) is 7.34. The van der Waals surface area contributed by atoms with Crippen LogP contribution in [0, 0.1) is 5.92 Å². The van der Waals surface area contributed by atoms with Gasteiger partial charge in [-0.25, -0.2) is 4.79 Å². The first-order valence-electron chi connectivity index (χ1n) is 9.24. The Morgan fingerprint density at radius 3 is 2.65 bits per heavy atom. The van der Waals surface area contributed by atoms with Gasteiger partial charge in [0.15, 0.2) is 0 Å². The maximum absolute atomic E-state index is 12.6. The summed E-state index contributed by atoms with van der Waals surface area (Å²) >= 11 is 6.38. The number of hydrogen-bond acceptors (Lipinski definition) is 3. The number of para-hydroxylation sites is 1. The topological polar surface area (TPSA) is 34.5 Å². The first-order valence-corrected chi connectivity index (χ1v) is 9.62. The summed E-state index contributed by atoms with van der Waals surface area (Å²) in [4.78, 5) is 15.1. The van der Waals surface area contributed by atoms with Gasteiger partial charge in [-0.1, -0.05) is 43.1 Å². The van der Waals surface area contributed by atoms with Crippen LogP contribution in [0.4, 0.5) is 0 Å². The fourth-order valence-corrected chi connectivity index (χ4v) is 3.85. The standard InChI is InChI=1S/C20H27ClN2O2.ClH/c1-3-4-11-23-12-9-15(10-13-23)14-25-20(24)18-16-7-5-6-8-17(16)22(2)19(18)21;/h5-8,15H,3-4,9-14H2,1-2H3;1H. The van der Waals surface area contributed by atoms with Crippen LogP contribution in [0.3, 0.4) is 0 Å². The van der Waals surface area contributed by atoms with E-state index in [4.69, 9.17) is 16.3 Å². The van der Waals surface area contributed by atoms with Crippen molar-refractivity contribution in [3.05, 3.63) is 35.0 Å². The molecule has 0 amide bonds. The third-order valence-corrected chi connectivity index (χ3v) is 5.67. The molecule has 3 rings (SSSR count). The highest BCUT2D eigenvalue weighted by Crippen LogP contribution is 2.30. The average Bonchev–Trinajstić information content (AvgIpc) is 2.90. The number of likely N-dealkylation sites (tertiary alicyclic amines) is 1. The number of benzene rings is 1. The lowest BCUT2D eigenvalue weighted by atomic mass is 9.97. The minimum Gasteiger partial charge on any atom is -0.462 e. The molecule has 0 unspecified atom stereocenters. The van der Waals surface area contributed by atoms with Gasteiger partial charge in [-0.15, -0.1) is 12.4 Å². The van der Waals surface area contributed by atoms with Crippen LogP contribution in [-0.2, 0) is 11.8 Å². The van der Waals surface area contributed by atoms with Gasteiger partial charge in [0.05, 0.1) is 6.61 Å². The van der Waals surface area contributed by atoms with Gasteiger partial charge in [0.25, 0.3) is 0 Å². The zero-order valence-electron chi connectivity index (χ0n) is 15.5. The number of fused-ring (bicyclic) bond motifs is 1. The van der Waals surface area contributed by atoms with Crippen LogP contribution in [0.5, 0.6) is 0 Å². The summed E-state index contributed by atoms with van der Waals surface area (Å²) < 4.78 is 7.46. The van der Waals surface area contributed by atoms with E-state index in [0.717, 1.165) is 36.8 Å². The van der Waals surface area contributed by atoms with Crippen molar-refractivity contribution in [3.8, 4) is 0 Å². The molecule has 0 radical (unpaired) electrons. The van der Waals surface area contributed by atoms with Crippen LogP contribution in [0.2, 0.25) is 5.15 Å². The Morgan fingerprint density at radius 1 is 1.27 bits per heavy atom. The molecule has 0 spiro atoms. The van der Waals surface area contributed by atoms with E-state index in [1.54, 1.807) is 0 Å². The first-order chi connectivity index (χ1) is 12.1. The molecule has 144 valence electrons. The SMILES string of the molecule is CCCCN1CCC(COC(=O)c2c(Cl)n(C)c3ccccc23)CC1.Cl. The highest BCUT2D eigenvalue weighted by Gasteiger charge is 2.24. The molecule has 0 aliphatic carbocycles. The third-order valence-electron chi connectivity index (χ3n) is 5.22. The van der Waals surface area contributed by atoms with Crippen molar-refractivity contribution < 1.29 is 9.53 Å². The Morgan fingerprint density at radius 2 is 1.96 bits per heavy atom. The Bertz CT molecular complexity index is 737. The van der Waals surface area contributed by atoms with Crippen LogP contribution in [0.1, 0.15) is 43.0 Å². The van der Waals surface area contributed by atoms with Gasteiger partial charge in [0.2, 0.25) is 0 Å². The summed E-state index contributed by atoms with van der Waals surface area (Å²) in [6, 6.07) is 7.75. The Hall–Kier alpha value is -1.23. The number of hydrogen-bond donors (Lipinski definition) is 0. The summed E-state index contributed by atoms with van der Waals surface area (Å²) in [7, 11) is 1.87. The van der Waals surface area contributed by atoms with E-state index in [2.05, 4.69) is 11.8 Å². The number of aromatic nitrogens is 1. The number of rotatable bonds is 6. The van der Waals surface area contributed by atoms with E-state index in [-0.39, 0.29) is 18.4 Å². The van der Waals surface area contributed by atoms with Crippen molar-refractivity contribution in [2.24, 2.45) is 13.0 Å². The summed E-state index contributed by atoms with van der Waals surface area (Å²) in [5, 5.41) is 1.30. The maximum Gasteiger partial charge on any atom is 0.341 e. The van der Waals surface area contributed by atoms with Gasteiger partial charge in [-0.05, 0) is 50.9 Å². The van der Waals surface area contributed by atoms with Gasteiger partial charge < -0.3 is 14.2 Å². The zero-order chi connectivity index (χ0) is 17.8. The lowest BCUT2D eigenvalue weighted by molar-refractivity contribution is 0.0374. The molecule has 6 heteroatoms. The van der Waals surface area contributed by atoms with Crippen molar-refractivity contribution in [2.45, 2.75) is 32.6 Å². The fraction of sp³-hybridized carbons (Fsp3) is 0.550. The molecule has 4 nitrogen and oxygen atoms in total. The zero-order valence-corrected chi connectivity index (χ0v) is 17.1. The number of unbranched alkanes of at least 4 members (excludes halogenated alkanes) is 1. The molecule has 1 saturated heterocycles. The van der Waals surface area contributed by atoms with Crippen molar-refractivity contribution in [1.29, 1.82) is 0 Å². The normalized spacial score (nSPS) is 15.8. The molecule has 2 aromatic rings. The summed E-state index contributed by atoms with van der Waals surface area (Å²) in [5.74, 6) is 0.144. The van der Waals surface area contributed by atoms with Crippen molar-refractivity contribution in [1.82, 2.24) is 9.47 Å². The molecule has 26 heavy (non-hydrogen) atoms. The van der Waals surface area contributed by atoms with Gasteiger partial charge in [0.1, 0.15) is 10.7 Å². The van der Waals surface area contributed by atoms with Crippen LogP contribution in [-0.4, -0.2) is 41.7 Å². The minimum atomic E-state index is -0.310.